The number of carbonyl (C=O) groups is 2. The van der Waals surface area contributed by atoms with Crippen molar-refractivity contribution in [3.05, 3.63) is 92.5 Å². The van der Waals surface area contributed by atoms with Gasteiger partial charge in [0.15, 0.2) is 0 Å². The lowest BCUT2D eigenvalue weighted by Crippen LogP contribution is -2.53. The van der Waals surface area contributed by atoms with E-state index in [1.54, 1.807) is 49.4 Å². The van der Waals surface area contributed by atoms with Gasteiger partial charge in [0, 0.05) is 20.6 Å². The highest BCUT2D eigenvalue weighted by Gasteiger charge is 2.33. The fourth-order valence-electron chi connectivity index (χ4n) is 4.84. The van der Waals surface area contributed by atoms with E-state index in [1.807, 2.05) is 24.3 Å². The summed E-state index contributed by atoms with van der Waals surface area (Å²) in [5.41, 5.74) is 1.20. The molecule has 0 aromatic heterocycles. The van der Waals surface area contributed by atoms with Crippen molar-refractivity contribution in [2.75, 3.05) is 10.8 Å². The van der Waals surface area contributed by atoms with E-state index in [4.69, 9.17) is 0 Å². The molecule has 1 N–H and O–H groups in total. The summed E-state index contributed by atoms with van der Waals surface area (Å²) in [4.78, 5) is 29.0. The number of sulfonamides is 1. The van der Waals surface area contributed by atoms with Crippen molar-refractivity contribution in [2.24, 2.45) is 0 Å². The number of halogens is 2. The summed E-state index contributed by atoms with van der Waals surface area (Å²) < 4.78 is 30.5. The van der Waals surface area contributed by atoms with Crippen LogP contribution < -0.4 is 9.62 Å². The van der Waals surface area contributed by atoms with Gasteiger partial charge in [0.1, 0.15) is 12.6 Å². The molecule has 4 rings (SSSR count). The SMILES string of the molecule is CC(C(=O)NC1CCCCC1)N(Cc1cccc(Br)c1)C(=O)CN(c1ccc(I)cc1)S(=O)(=O)c1ccccc1. The monoisotopic (exact) mass is 737 g/mol. The van der Waals surface area contributed by atoms with Crippen molar-refractivity contribution in [3.8, 4) is 0 Å². The Morgan fingerprint density at radius 1 is 0.975 bits per heavy atom. The van der Waals surface area contributed by atoms with Crippen LogP contribution in [0.1, 0.15) is 44.6 Å². The van der Waals surface area contributed by atoms with E-state index in [2.05, 4.69) is 43.8 Å². The third kappa shape index (κ3) is 7.85. The average molecular weight is 738 g/mol. The van der Waals surface area contributed by atoms with Gasteiger partial charge in [-0.25, -0.2) is 8.42 Å². The molecule has 3 aromatic rings. The van der Waals surface area contributed by atoms with Crippen molar-refractivity contribution < 1.29 is 18.0 Å². The number of amides is 2. The molecule has 40 heavy (non-hydrogen) atoms. The fourth-order valence-corrected chi connectivity index (χ4v) is 7.08. The summed E-state index contributed by atoms with van der Waals surface area (Å²) in [7, 11) is -4.07. The summed E-state index contributed by atoms with van der Waals surface area (Å²) >= 11 is 5.63. The molecule has 10 heteroatoms. The molecule has 3 aromatic carbocycles. The largest absolute Gasteiger partial charge is 0.352 e. The standard InChI is InChI=1S/C30H33BrIN3O4S/c1-22(30(37)33-26-11-4-2-5-12-26)34(20-23-9-8-10-24(31)19-23)29(36)21-35(27-17-15-25(32)16-18-27)40(38,39)28-13-6-3-7-14-28/h3,6-10,13-19,22,26H,2,4-5,11-12,20-21H2,1H3,(H,33,37). The quantitative estimate of drug-likeness (QED) is 0.255. The molecule has 1 saturated carbocycles. The van der Waals surface area contributed by atoms with E-state index >= 15 is 0 Å². The average Bonchev–Trinajstić information content (AvgIpc) is 2.95. The maximum absolute atomic E-state index is 14.0. The normalized spacial score (nSPS) is 14.8. The molecule has 0 aliphatic heterocycles. The molecule has 7 nitrogen and oxygen atoms in total. The molecule has 1 fully saturated rings. The van der Waals surface area contributed by atoms with Gasteiger partial charge >= 0.3 is 0 Å². The lowest BCUT2D eigenvalue weighted by Gasteiger charge is -2.33. The second-order valence-electron chi connectivity index (χ2n) is 9.97. The Morgan fingerprint density at radius 3 is 2.30 bits per heavy atom. The number of hydrogen-bond acceptors (Lipinski definition) is 4. The predicted octanol–water partition coefficient (Wildman–Crippen LogP) is 6.12. The summed E-state index contributed by atoms with van der Waals surface area (Å²) in [5, 5.41) is 3.12. The minimum atomic E-state index is -4.07. The molecule has 0 spiro atoms. The van der Waals surface area contributed by atoms with Crippen molar-refractivity contribution >= 4 is 66.0 Å². The summed E-state index contributed by atoms with van der Waals surface area (Å²) in [6, 6.07) is 21.9. The molecule has 0 bridgehead atoms. The maximum atomic E-state index is 14.0. The summed E-state index contributed by atoms with van der Waals surface area (Å²) in [5.74, 6) is -0.702. The number of nitrogens with zero attached hydrogens (tertiary/aromatic N) is 2. The topological polar surface area (TPSA) is 86.8 Å². The zero-order valence-corrected chi connectivity index (χ0v) is 26.9. The van der Waals surface area contributed by atoms with Gasteiger partial charge in [0.05, 0.1) is 10.6 Å². The zero-order valence-electron chi connectivity index (χ0n) is 22.3. The van der Waals surface area contributed by atoms with Gasteiger partial charge in [-0.2, -0.15) is 0 Å². The number of nitrogens with one attached hydrogen (secondary N) is 1. The van der Waals surface area contributed by atoms with Crippen molar-refractivity contribution in [3.63, 3.8) is 0 Å². The first kappa shape index (κ1) is 30.5. The number of hydrogen-bond donors (Lipinski definition) is 1. The van der Waals surface area contributed by atoms with Crippen LogP contribution in [0.4, 0.5) is 5.69 Å². The van der Waals surface area contributed by atoms with E-state index in [1.165, 1.54) is 23.5 Å². The number of rotatable bonds is 10. The molecule has 1 unspecified atom stereocenters. The molecular formula is C30H33BrIN3O4S. The Morgan fingerprint density at radius 2 is 1.65 bits per heavy atom. The molecule has 0 saturated heterocycles. The first-order valence-corrected chi connectivity index (χ1v) is 16.6. The van der Waals surface area contributed by atoms with Gasteiger partial charge in [0.2, 0.25) is 11.8 Å². The molecule has 0 heterocycles. The maximum Gasteiger partial charge on any atom is 0.264 e. The van der Waals surface area contributed by atoms with Crippen LogP contribution in [0.3, 0.4) is 0 Å². The first-order valence-electron chi connectivity index (χ1n) is 13.3. The Kier molecular flexibility index (Phi) is 10.6. The van der Waals surface area contributed by atoms with E-state index in [-0.39, 0.29) is 23.4 Å². The van der Waals surface area contributed by atoms with E-state index < -0.39 is 28.5 Å². The minimum absolute atomic E-state index is 0.0861. The van der Waals surface area contributed by atoms with Gasteiger partial charge in [-0.05, 0) is 96.5 Å². The second-order valence-corrected chi connectivity index (χ2v) is 14.0. The highest BCUT2D eigenvalue weighted by atomic mass is 127. The van der Waals surface area contributed by atoms with Gasteiger partial charge in [-0.15, -0.1) is 0 Å². The molecule has 1 aliphatic rings. The molecular weight excluding hydrogens is 705 g/mol. The first-order chi connectivity index (χ1) is 19.1. The third-order valence-electron chi connectivity index (χ3n) is 7.09. The van der Waals surface area contributed by atoms with Crippen LogP contribution in [0.25, 0.3) is 0 Å². The van der Waals surface area contributed by atoms with Crippen LogP contribution in [-0.2, 0) is 26.2 Å². The van der Waals surface area contributed by atoms with E-state index in [0.29, 0.717) is 5.69 Å². The Balaban J connectivity index is 1.66. The summed E-state index contributed by atoms with van der Waals surface area (Å²) in [6.07, 6.45) is 5.16. The third-order valence-corrected chi connectivity index (χ3v) is 10.1. The molecule has 1 aliphatic carbocycles. The predicted molar refractivity (Wildman–Crippen MR) is 169 cm³/mol. The van der Waals surface area contributed by atoms with Crippen molar-refractivity contribution in [1.82, 2.24) is 10.2 Å². The van der Waals surface area contributed by atoms with Crippen LogP contribution in [0.5, 0.6) is 0 Å². The van der Waals surface area contributed by atoms with Crippen LogP contribution in [0, 0.1) is 3.57 Å². The fraction of sp³-hybridized carbons (Fsp3) is 0.333. The molecule has 0 radical (unpaired) electrons. The lowest BCUT2D eigenvalue weighted by molar-refractivity contribution is -0.139. The van der Waals surface area contributed by atoms with Crippen LogP contribution in [0.15, 0.2) is 88.2 Å². The zero-order chi connectivity index (χ0) is 28.7. The Bertz CT molecular complexity index is 1410. The smallest absolute Gasteiger partial charge is 0.264 e. The van der Waals surface area contributed by atoms with Gasteiger partial charge in [0.25, 0.3) is 10.0 Å². The Hall–Kier alpha value is -2.44. The van der Waals surface area contributed by atoms with Gasteiger partial charge < -0.3 is 10.2 Å². The van der Waals surface area contributed by atoms with Gasteiger partial charge in [-0.3, -0.25) is 13.9 Å². The minimum Gasteiger partial charge on any atom is -0.352 e. The van der Waals surface area contributed by atoms with E-state index in [9.17, 15) is 18.0 Å². The number of anilines is 1. The van der Waals surface area contributed by atoms with E-state index in [0.717, 1.165) is 43.6 Å². The highest BCUT2D eigenvalue weighted by molar-refractivity contribution is 14.1. The van der Waals surface area contributed by atoms with Crippen LogP contribution in [0.2, 0.25) is 0 Å². The number of carbonyl (C=O) groups excluding carboxylic acids is 2. The molecule has 212 valence electrons. The summed E-state index contributed by atoms with van der Waals surface area (Å²) in [6.45, 7) is 1.41. The molecule has 1 atom stereocenters. The van der Waals surface area contributed by atoms with Crippen LogP contribution in [-0.4, -0.2) is 43.8 Å². The van der Waals surface area contributed by atoms with Crippen molar-refractivity contribution in [1.29, 1.82) is 0 Å². The van der Waals surface area contributed by atoms with Crippen molar-refractivity contribution in [2.45, 2.75) is 62.6 Å². The highest BCUT2D eigenvalue weighted by Crippen LogP contribution is 2.26. The molecule has 2 amide bonds. The lowest BCUT2D eigenvalue weighted by atomic mass is 9.95. The van der Waals surface area contributed by atoms with Gasteiger partial charge in [-0.1, -0.05) is 65.5 Å². The number of benzene rings is 3. The van der Waals surface area contributed by atoms with Crippen LogP contribution >= 0.6 is 38.5 Å². The Labute approximate surface area is 258 Å². The second kappa shape index (κ2) is 14.0.